The fourth-order valence-electron chi connectivity index (χ4n) is 0.835. The van der Waals surface area contributed by atoms with Crippen molar-refractivity contribution in [3.05, 3.63) is 29.8 Å². The first-order chi connectivity index (χ1) is 5.36. The zero-order valence-corrected chi connectivity index (χ0v) is 7.37. The Bertz CT molecular complexity index is 208. The van der Waals surface area contributed by atoms with Gasteiger partial charge in [-0.05, 0) is 17.7 Å². The Morgan fingerprint density at radius 3 is 2.45 bits per heavy atom. The Hall–Kier alpha value is -0.590. The standard InChI is InChI=1S/C8H11O2P/c1-10-8-4-2-7(3-5-8)6-11-9/h2-5,9,11H,6H2,1H3. The maximum Gasteiger partial charge on any atom is 0.118 e. The van der Waals surface area contributed by atoms with Crippen molar-refractivity contribution in [2.24, 2.45) is 0 Å². The van der Waals surface area contributed by atoms with Gasteiger partial charge < -0.3 is 9.63 Å². The van der Waals surface area contributed by atoms with Gasteiger partial charge in [-0.1, -0.05) is 12.1 Å². The van der Waals surface area contributed by atoms with Crippen LogP contribution in [0.1, 0.15) is 5.56 Å². The molecule has 0 aliphatic heterocycles. The highest BCUT2D eigenvalue weighted by molar-refractivity contribution is 7.30. The molecule has 1 atom stereocenters. The molecule has 1 rings (SSSR count). The molecule has 0 bridgehead atoms. The lowest BCUT2D eigenvalue weighted by atomic mass is 10.2. The Morgan fingerprint density at radius 2 is 2.00 bits per heavy atom. The maximum atomic E-state index is 8.64. The molecule has 1 N–H and O–H groups in total. The summed E-state index contributed by atoms with van der Waals surface area (Å²) in [7, 11) is 1.63. The predicted octanol–water partition coefficient (Wildman–Crippen LogP) is 1.78. The van der Waals surface area contributed by atoms with Gasteiger partial charge in [-0.15, -0.1) is 0 Å². The van der Waals surface area contributed by atoms with E-state index in [0.717, 1.165) is 17.5 Å². The van der Waals surface area contributed by atoms with Crippen molar-refractivity contribution in [3.63, 3.8) is 0 Å². The molecule has 0 aliphatic rings. The lowest BCUT2D eigenvalue weighted by Crippen LogP contribution is -1.83. The monoisotopic (exact) mass is 170 g/mol. The summed E-state index contributed by atoms with van der Waals surface area (Å²) in [6.07, 6.45) is 0.740. The average molecular weight is 170 g/mol. The number of hydrogen-bond donors (Lipinski definition) is 1. The Labute approximate surface area is 68.1 Å². The molecule has 1 aromatic carbocycles. The quantitative estimate of drug-likeness (QED) is 0.700. The molecule has 1 unspecified atom stereocenters. The van der Waals surface area contributed by atoms with Crippen LogP contribution in [-0.4, -0.2) is 12.0 Å². The van der Waals surface area contributed by atoms with E-state index in [1.54, 1.807) is 7.11 Å². The first kappa shape index (κ1) is 8.51. The smallest absolute Gasteiger partial charge is 0.118 e. The summed E-state index contributed by atoms with van der Waals surface area (Å²) in [4.78, 5) is 8.64. The summed E-state index contributed by atoms with van der Waals surface area (Å²) in [5.41, 5.74) is 1.15. The molecule has 3 heteroatoms. The minimum Gasteiger partial charge on any atom is -0.497 e. The second-order valence-corrected chi connectivity index (χ2v) is 2.85. The number of methoxy groups -OCH3 is 1. The molecule has 0 aliphatic carbocycles. The van der Waals surface area contributed by atoms with Crippen molar-refractivity contribution in [1.82, 2.24) is 0 Å². The third-order valence-electron chi connectivity index (χ3n) is 1.44. The fraction of sp³-hybridized carbons (Fsp3) is 0.250. The number of benzene rings is 1. The molecule has 0 saturated carbocycles. The van der Waals surface area contributed by atoms with E-state index in [0.29, 0.717) is 0 Å². The van der Waals surface area contributed by atoms with Gasteiger partial charge in [0.25, 0.3) is 0 Å². The van der Waals surface area contributed by atoms with E-state index in [2.05, 4.69) is 0 Å². The van der Waals surface area contributed by atoms with E-state index in [4.69, 9.17) is 9.63 Å². The first-order valence-electron chi connectivity index (χ1n) is 3.36. The molecule has 0 radical (unpaired) electrons. The third kappa shape index (κ3) is 2.49. The van der Waals surface area contributed by atoms with Crippen molar-refractivity contribution in [3.8, 4) is 5.75 Å². The van der Waals surface area contributed by atoms with Crippen LogP contribution in [0.5, 0.6) is 5.75 Å². The molecule has 0 amide bonds. The normalized spacial score (nSPS) is 10.7. The minimum absolute atomic E-state index is 0.00816. The topological polar surface area (TPSA) is 29.5 Å². The summed E-state index contributed by atoms with van der Waals surface area (Å²) in [6, 6.07) is 7.72. The van der Waals surface area contributed by atoms with Crippen LogP contribution in [0.25, 0.3) is 0 Å². The highest BCUT2D eigenvalue weighted by Crippen LogP contribution is 2.17. The molecule has 0 fully saturated rings. The Balaban J connectivity index is 2.66. The predicted molar refractivity (Wildman–Crippen MR) is 47.2 cm³/mol. The third-order valence-corrected chi connectivity index (χ3v) is 2.01. The molecule has 0 spiro atoms. The number of rotatable bonds is 3. The van der Waals surface area contributed by atoms with Crippen LogP contribution in [0.15, 0.2) is 24.3 Å². The van der Waals surface area contributed by atoms with Crippen LogP contribution in [0.2, 0.25) is 0 Å². The van der Waals surface area contributed by atoms with Gasteiger partial charge in [0, 0.05) is 15.0 Å². The van der Waals surface area contributed by atoms with Gasteiger partial charge in [0.1, 0.15) is 5.75 Å². The van der Waals surface area contributed by atoms with Gasteiger partial charge in [0.15, 0.2) is 0 Å². The average Bonchev–Trinajstić information content (AvgIpc) is 2.07. The molecular weight excluding hydrogens is 159 g/mol. The SMILES string of the molecule is COc1ccc(CPO)cc1. The van der Waals surface area contributed by atoms with Gasteiger partial charge in [-0.25, -0.2) is 0 Å². The summed E-state index contributed by atoms with van der Waals surface area (Å²) in [5.74, 6) is 0.857. The van der Waals surface area contributed by atoms with Crippen LogP contribution in [-0.2, 0) is 6.16 Å². The largest absolute Gasteiger partial charge is 0.497 e. The fourth-order valence-corrected chi connectivity index (χ4v) is 1.25. The van der Waals surface area contributed by atoms with Crippen molar-refractivity contribution in [2.45, 2.75) is 6.16 Å². The maximum absolute atomic E-state index is 8.64. The summed E-state index contributed by atoms with van der Waals surface area (Å²) in [5, 5.41) is 0. The van der Waals surface area contributed by atoms with Gasteiger partial charge in [-0.2, -0.15) is 0 Å². The first-order valence-corrected chi connectivity index (χ1v) is 4.52. The molecule has 0 heterocycles. The summed E-state index contributed by atoms with van der Waals surface area (Å²) in [6.45, 7) is 0. The van der Waals surface area contributed by atoms with Crippen LogP contribution < -0.4 is 4.74 Å². The van der Waals surface area contributed by atoms with Crippen LogP contribution in [0.3, 0.4) is 0 Å². The zero-order chi connectivity index (χ0) is 8.10. The highest BCUT2D eigenvalue weighted by atomic mass is 31.1. The molecule has 1 aromatic rings. The second kappa shape index (κ2) is 4.32. The van der Waals surface area contributed by atoms with Crippen molar-refractivity contribution >= 4 is 8.81 Å². The van der Waals surface area contributed by atoms with Gasteiger partial charge >= 0.3 is 0 Å². The van der Waals surface area contributed by atoms with Crippen LogP contribution in [0.4, 0.5) is 0 Å². The Morgan fingerprint density at radius 1 is 1.36 bits per heavy atom. The molecule has 2 nitrogen and oxygen atoms in total. The number of hydrogen-bond acceptors (Lipinski definition) is 2. The lowest BCUT2D eigenvalue weighted by molar-refractivity contribution is 0.414. The van der Waals surface area contributed by atoms with E-state index < -0.39 is 0 Å². The molecular formula is C8H11O2P. The second-order valence-electron chi connectivity index (χ2n) is 2.18. The molecule has 0 saturated heterocycles. The van der Waals surface area contributed by atoms with Crippen molar-refractivity contribution in [2.75, 3.05) is 7.11 Å². The van der Waals surface area contributed by atoms with E-state index in [1.165, 1.54) is 0 Å². The minimum atomic E-state index is -0.00816. The summed E-state index contributed by atoms with van der Waals surface area (Å²) < 4.78 is 4.99. The van der Waals surface area contributed by atoms with E-state index in [-0.39, 0.29) is 8.81 Å². The lowest BCUT2D eigenvalue weighted by Gasteiger charge is -2.00. The van der Waals surface area contributed by atoms with Crippen LogP contribution >= 0.6 is 8.81 Å². The van der Waals surface area contributed by atoms with E-state index >= 15 is 0 Å². The molecule has 11 heavy (non-hydrogen) atoms. The van der Waals surface area contributed by atoms with Crippen molar-refractivity contribution in [1.29, 1.82) is 0 Å². The number of ether oxygens (including phenoxy) is 1. The van der Waals surface area contributed by atoms with E-state index in [9.17, 15) is 0 Å². The molecule has 0 aromatic heterocycles. The highest BCUT2D eigenvalue weighted by Gasteiger charge is 1.91. The Kier molecular flexibility index (Phi) is 3.34. The zero-order valence-electron chi connectivity index (χ0n) is 6.37. The van der Waals surface area contributed by atoms with Gasteiger partial charge in [0.05, 0.1) is 7.11 Å². The van der Waals surface area contributed by atoms with Crippen molar-refractivity contribution < 1.29 is 9.63 Å². The molecule has 60 valence electrons. The van der Waals surface area contributed by atoms with E-state index in [1.807, 2.05) is 24.3 Å². The summed E-state index contributed by atoms with van der Waals surface area (Å²) >= 11 is 0. The van der Waals surface area contributed by atoms with Crippen LogP contribution in [0, 0.1) is 0 Å². The van der Waals surface area contributed by atoms with Gasteiger partial charge in [0.2, 0.25) is 0 Å². The van der Waals surface area contributed by atoms with Gasteiger partial charge in [-0.3, -0.25) is 0 Å².